The molecule has 0 saturated heterocycles. The van der Waals surface area contributed by atoms with Crippen molar-refractivity contribution < 1.29 is 0 Å². The van der Waals surface area contributed by atoms with Crippen molar-refractivity contribution >= 4 is 11.4 Å². The number of aliphatic imine (C=N–C) groups is 1. The second kappa shape index (κ2) is 4.15. The van der Waals surface area contributed by atoms with Crippen LogP contribution in [0.1, 0.15) is 27.2 Å². The molecule has 2 aliphatic heterocycles. The topological polar surface area (TPSA) is 131 Å². The first-order chi connectivity index (χ1) is 9.74. The SMILES string of the molecule is CC12CC(C)(C)C(C#N)(C(=N)C1C#N)C(C(C#N)C#N)=N2. The van der Waals surface area contributed by atoms with E-state index in [2.05, 4.69) is 17.1 Å². The summed E-state index contributed by atoms with van der Waals surface area (Å²) < 4.78 is 0. The highest BCUT2D eigenvalue weighted by Gasteiger charge is 2.68. The zero-order chi connectivity index (χ0) is 16.1. The Morgan fingerprint density at radius 1 is 1.19 bits per heavy atom. The van der Waals surface area contributed by atoms with Gasteiger partial charge in [-0.25, -0.2) is 0 Å². The van der Waals surface area contributed by atoms with E-state index in [1.807, 2.05) is 26.0 Å². The molecule has 1 fully saturated rings. The minimum absolute atomic E-state index is 0.0354. The Morgan fingerprint density at radius 2 is 1.76 bits per heavy atom. The lowest BCUT2D eigenvalue weighted by atomic mass is 9.45. The van der Waals surface area contributed by atoms with Gasteiger partial charge in [0, 0.05) is 0 Å². The van der Waals surface area contributed by atoms with Crippen molar-refractivity contribution in [2.75, 3.05) is 0 Å². The Morgan fingerprint density at radius 3 is 2.19 bits per heavy atom. The smallest absolute Gasteiger partial charge is 0.172 e. The van der Waals surface area contributed by atoms with Crippen LogP contribution in [0.25, 0.3) is 0 Å². The fourth-order valence-corrected chi connectivity index (χ4v) is 3.87. The lowest BCUT2D eigenvalue weighted by Crippen LogP contribution is -2.67. The molecule has 104 valence electrons. The average Bonchev–Trinajstić information content (AvgIpc) is 2.38. The molecule has 0 spiro atoms. The van der Waals surface area contributed by atoms with Crippen molar-refractivity contribution in [3.05, 3.63) is 0 Å². The van der Waals surface area contributed by atoms with Gasteiger partial charge in [0.15, 0.2) is 5.92 Å². The molecule has 21 heavy (non-hydrogen) atoms. The summed E-state index contributed by atoms with van der Waals surface area (Å²) in [6, 6.07) is 7.89. The normalized spacial score (nSPS) is 36.1. The lowest BCUT2D eigenvalue weighted by Gasteiger charge is -2.58. The molecule has 3 aliphatic rings. The largest absolute Gasteiger partial charge is 0.306 e. The van der Waals surface area contributed by atoms with E-state index < -0.39 is 28.2 Å². The van der Waals surface area contributed by atoms with Crippen LogP contribution in [0, 0.1) is 73.4 Å². The molecule has 0 aromatic heterocycles. The third kappa shape index (κ3) is 1.48. The summed E-state index contributed by atoms with van der Waals surface area (Å²) in [6.45, 7) is 5.41. The van der Waals surface area contributed by atoms with Crippen LogP contribution in [-0.2, 0) is 0 Å². The van der Waals surface area contributed by atoms with Gasteiger partial charge in [-0.1, -0.05) is 13.8 Å². The Bertz CT molecular complexity index is 705. The summed E-state index contributed by atoms with van der Waals surface area (Å²) in [6.07, 6.45) is 0.460. The van der Waals surface area contributed by atoms with Gasteiger partial charge < -0.3 is 5.41 Å². The second-order valence-electron chi connectivity index (χ2n) is 6.44. The number of nitrogens with zero attached hydrogens (tertiary/aromatic N) is 5. The van der Waals surface area contributed by atoms with Crippen LogP contribution in [0.4, 0.5) is 0 Å². The molecule has 1 N–H and O–H groups in total. The molecule has 0 aromatic carbocycles. The van der Waals surface area contributed by atoms with Crippen molar-refractivity contribution in [3.63, 3.8) is 0 Å². The zero-order valence-electron chi connectivity index (χ0n) is 12.1. The Kier molecular flexibility index (Phi) is 2.90. The molecule has 2 heterocycles. The van der Waals surface area contributed by atoms with Gasteiger partial charge in [-0.05, 0) is 18.8 Å². The summed E-state index contributed by atoms with van der Waals surface area (Å²) in [5.41, 5.74) is -2.89. The molecule has 1 aliphatic carbocycles. The number of rotatable bonds is 1. The molecular weight excluding hydrogens is 264 g/mol. The monoisotopic (exact) mass is 278 g/mol. The standard InChI is InChI=1S/C15H14N6/c1-13(2)7-14(3)10(6-18)11(20)15(13,8-19)12(21-14)9(4-16)5-17/h9-10,20H,7H2,1-3H3. The summed E-state index contributed by atoms with van der Waals surface area (Å²) in [4.78, 5) is 4.45. The van der Waals surface area contributed by atoms with Gasteiger partial charge in [0.1, 0.15) is 11.3 Å². The average molecular weight is 278 g/mol. The first-order valence-electron chi connectivity index (χ1n) is 6.53. The van der Waals surface area contributed by atoms with E-state index in [-0.39, 0.29) is 11.4 Å². The summed E-state index contributed by atoms with van der Waals surface area (Å²) in [7, 11) is 0. The first kappa shape index (κ1) is 14.7. The van der Waals surface area contributed by atoms with Gasteiger partial charge >= 0.3 is 0 Å². The summed E-state index contributed by atoms with van der Waals surface area (Å²) in [5, 5.41) is 45.9. The van der Waals surface area contributed by atoms with E-state index in [1.165, 1.54) is 0 Å². The van der Waals surface area contributed by atoms with E-state index in [0.717, 1.165) is 0 Å². The quantitative estimate of drug-likeness (QED) is 0.785. The fraction of sp³-hybridized carbons (Fsp3) is 0.600. The fourth-order valence-electron chi connectivity index (χ4n) is 3.87. The lowest BCUT2D eigenvalue weighted by molar-refractivity contribution is 0.123. The Balaban J connectivity index is 2.87. The van der Waals surface area contributed by atoms with Gasteiger partial charge in [0.05, 0.1) is 41.2 Å². The van der Waals surface area contributed by atoms with Crippen molar-refractivity contribution in [3.8, 4) is 24.3 Å². The maximum atomic E-state index is 9.78. The highest BCUT2D eigenvalue weighted by Crippen LogP contribution is 2.60. The molecule has 0 aromatic rings. The van der Waals surface area contributed by atoms with Gasteiger partial charge in [-0.15, -0.1) is 0 Å². The molecule has 3 rings (SSSR count). The van der Waals surface area contributed by atoms with Crippen LogP contribution < -0.4 is 0 Å². The van der Waals surface area contributed by atoms with Gasteiger partial charge in [0.2, 0.25) is 0 Å². The maximum absolute atomic E-state index is 9.78. The molecule has 3 unspecified atom stereocenters. The second-order valence-corrected chi connectivity index (χ2v) is 6.44. The van der Waals surface area contributed by atoms with E-state index >= 15 is 0 Å². The molecule has 1 saturated carbocycles. The zero-order valence-corrected chi connectivity index (χ0v) is 12.1. The van der Waals surface area contributed by atoms with Crippen molar-refractivity contribution in [1.29, 1.82) is 26.5 Å². The summed E-state index contributed by atoms with van der Waals surface area (Å²) >= 11 is 0. The molecule has 0 radical (unpaired) electrons. The number of nitrogens with one attached hydrogen (secondary N) is 1. The maximum Gasteiger partial charge on any atom is 0.172 e. The van der Waals surface area contributed by atoms with Crippen molar-refractivity contribution in [2.45, 2.75) is 32.7 Å². The van der Waals surface area contributed by atoms with E-state index in [4.69, 9.17) is 5.41 Å². The van der Waals surface area contributed by atoms with Gasteiger partial charge in [-0.2, -0.15) is 21.0 Å². The number of hydrogen-bond donors (Lipinski definition) is 1. The predicted octanol–water partition coefficient (Wildman–Crippen LogP) is 1.96. The molecular formula is C15H14N6. The molecule has 3 atom stereocenters. The molecule has 0 amide bonds. The third-order valence-corrected chi connectivity index (χ3v) is 4.72. The van der Waals surface area contributed by atoms with E-state index in [1.54, 1.807) is 6.92 Å². The van der Waals surface area contributed by atoms with Crippen LogP contribution in [0.3, 0.4) is 0 Å². The Labute approximate surface area is 123 Å². The molecule has 6 heteroatoms. The van der Waals surface area contributed by atoms with Crippen molar-refractivity contribution in [2.24, 2.45) is 27.7 Å². The Hall–Kier alpha value is -2.70. The summed E-state index contributed by atoms with van der Waals surface area (Å²) in [5.74, 6) is -1.98. The van der Waals surface area contributed by atoms with Crippen LogP contribution in [-0.4, -0.2) is 17.0 Å². The minimum atomic E-state index is -1.46. The number of hydrogen-bond acceptors (Lipinski definition) is 6. The number of nitriles is 4. The van der Waals surface area contributed by atoms with Crippen LogP contribution >= 0.6 is 0 Å². The van der Waals surface area contributed by atoms with Gasteiger partial charge in [-0.3, -0.25) is 4.99 Å². The third-order valence-electron chi connectivity index (χ3n) is 4.72. The minimum Gasteiger partial charge on any atom is -0.306 e. The van der Waals surface area contributed by atoms with Crippen molar-refractivity contribution in [1.82, 2.24) is 0 Å². The molecule has 6 nitrogen and oxygen atoms in total. The van der Waals surface area contributed by atoms with Crippen LogP contribution in [0.2, 0.25) is 0 Å². The van der Waals surface area contributed by atoms with E-state index in [9.17, 15) is 21.0 Å². The highest BCUT2D eigenvalue weighted by atomic mass is 15.0. The van der Waals surface area contributed by atoms with Crippen LogP contribution in [0.5, 0.6) is 0 Å². The van der Waals surface area contributed by atoms with E-state index in [0.29, 0.717) is 6.42 Å². The predicted molar refractivity (Wildman–Crippen MR) is 73.8 cm³/mol. The van der Waals surface area contributed by atoms with Crippen LogP contribution in [0.15, 0.2) is 4.99 Å². The van der Waals surface area contributed by atoms with Gasteiger partial charge in [0.25, 0.3) is 0 Å². The number of fused-ring (bicyclic) bond motifs is 2. The highest BCUT2D eigenvalue weighted by molar-refractivity contribution is 6.20. The first-order valence-corrected chi connectivity index (χ1v) is 6.53. The molecule has 2 bridgehead atoms.